The number of halogens is 2. The molecule has 1 rings (SSSR count). The molecule has 90 valence electrons. The summed E-state index contributed by atoms with van der Waals surface area (Å²) in [6.45, 7) is 1.58. The number of hydrogen-bond acceptors (Lipinski definition) is 2. The summed E-state index contributed by atoms with van der Waals surface area (Å²) in [4.78, 5) is 0. The van der Waals surface area contributed by atoms with E-state index in [4.69, 9.17) is 5.11 Å². The van der Waals surface area contributed by atoms with Crippen molar-refractivity contribution in [3.05, 3.63) is 35.4 Å². The molecule has 0 aromatic heterocycles. The summed E-state index contributed by atoms with van der Waals surface area (Å²) in [6, 6.07) is 3.91. The minimum atomic E-state index is -0.813. The van der Waals surface area contributed by atoms with Gasteiger partial charge < -0.3 is 10.4 Å². The van der Waals surface area contributed by atoms with E-state index in [0.717, 1.165) is 37.4 Å². The van der Waals surface area contributed by atoms with Crippen molar-refractivity contribution in [2.24, 2.45) is 0 Å². The van der Waals surface area contributed by atoms with Gasteiger partial charge in [0.15, 0.2) is 11.6 Å². The molecule has 4 heteroatoms. The molecule has 1 aromatic rings. The second kappa shape index (κ2) is 7.30. The largest absolute Gasteiger partial charge is 0.396 e. The van der Waals surface area contributed by atoms with Crippen LogP contribution in [0.3, 0.4) is 0 Å². The van der Waals surface area contributed by atoms with Gasteiger partial charge in [-0.25, -0.2) is 8.78 Å². The highest BCUT2D eigenvalue weighted by Gasteiger charge is 2.01. The number of aliphatic hydroxyl groups excluding tert-OH is 1. The van der Waals surface area contributed by atoms with Crippen molar-refractivity contribution in [3.63, 3.8) is 0 Å². The molecule has 2 N–H and O–H groups in total. The molecule has 2 nitrogen and oxygen atoms in total. The second-order valence-electron chi connectivity index (χ2n) is 3.71. The van der Waals surface area contributed by atoms with Gasteiger partial charge >= 0.3 is 0 Å². The van der Waals surface area contributed by atoms with Gasteiger partial charge in [0, 0.05) is 13.2 Å². The maximum atomic E-state index is 12.8. The van der Waals surface area contributed by atoms with Crippen molar-refractivity contribution < 1.29 is 13.9 Å². The first kappa shape index (κ1) is 13.1. The number of nitrogens with one attached hydrogen (secondary N) is 1. The molecule has 0 radical (unpaired) electrons. The van der Waals surface area contributed by atoms with Crippen LogP contribution in [0.25, 0.3) is 0 Å². The molecule has 0 heterocycles. The molecule has 0 aliphatic rings. The Balaban J connectivity index is 2.19. The molecule has 0 saturated carbocycles. The molecule has 0 aliphatic heterocycles. The zero-order chi connectivity index (χ0) is 11.8. The molecule has 16 heavy (non-hydrogen) atoms. The van der Waals surface area contributed by atoms with E-state index in [1.165, 1.54) is 6.07 Å². The van der Waals surface area contributed by atoms with Crippen molar-refractivity contribution in [3.8, 4) is 0 Å². The van der Waals surface area contributed by atoms with Gasteiger partial charge in [-0.2, -0.15) is 0 Å². The summed E-state index contributed by atoms with van der Waals surface area (Å²) in [5.74, 6) is -1.62. The smallest absolute Gasteiger partial charge is 0.159 e. The Bertz CT molecular complexity index is 318. The number of rotatable bonds is 7. The molecule has 0 unspecified atom stereocenters. The van der Waals surface area contributed by atoms with Crippen LogP contribution in [0.4, 0.5) is 8.78 Å². The van der Waals surface area contributed by atoms with Crippen molar-refractivity contribution in [1.82, 2.24) is 5.32 Å². The Labute approximate surface area is 94.3 Å². The van der Waals surface area contributed by atoms with Crippen LogP contribution in [0.5, 0.6) is 0 Å². The summed E-state index contributed by atoms with van der Waals surface area (Å²) >= 11 is 0. The highest BCUT2D eigenvalue weighted by atomic mass is 19.2. The SMILES string of the molecule is OCCCCCNCc1ccc(F)c(F)c1. The number of benzene rings is 1. The summed E-state index contributed by atoms with van der Waals surface area (Å²) in [7, 11) is 0. The van der Waals surface area contributed by atoms with Gasteiger partial charge in [0.2, 0.25) is 0 Å². The van der Waals surface area contributed by atoms with Gasteiger partial charge in [0.1, 0.15) is 0 Å². The zero-order valence-electron chi connectivity index (χ0n) is 9.18. The predicted molar refractivity (Wildman–Crippen MR) is 59.0 cm³/mol. The topological polar surface area (TPSA) is 32.3 Å². The van der Waals surface area contributed by atoms with Gasteiger partial charge in [-0.15, -0.1) is 0 Å². The average Bonchev–Trinajstić information content (AvgIpc) is 2.28. The summed E-state index contributed by atoms with van der Waals surface area (Å²) < 4.78 is 25.4. The lowest BCUT2D eigenvalue weighted by Gasteiger charge is -2.05. The molecule has 0 spiro atoms. The van der Waals surface area contributed by atoms with E-state index in [-0.39, 0.29) is 6.61 Å². The number of unbranched alkanes of at least 4 members (excludes halogenated alkanes) is 2. The third-order valence-electron chi connectivity index (χ3n) is 2.32. The van der Waals surface area contributed by atoms with Crippen LogP contribution < -0.4 is 5.32 Å². The van der Waals surface area contributed by atoms with Crippen LogP contribution >= 0.6 is 0 Å². The Kier molecular flexibility index (Phi) is 5.96. The molecule has 0 saturated heterocycles. The molecule has 0 aliphatic carbocycles. The van der Waals surface area contributed by atoms with Crippen LogP contribution in [0.1, 0.15) is 24.8 Å². The molecule has 0 fully saturated rings. The van der Waals surface area contributed by atoms with Crippen LogP contribution in [-0.2, 0) is 6.54 Å². The Morgan fingerprint density at radius 1 is 1.06 bits per heavy atom. The number of hydrogen-bond donors (Lipinski definition) is 2. The first-order valence-corrected chi connectivity index (χ1v) is 5.49. The van der Waals surface area contributed by atoms with Gasteiger partial charge in [-0.3, -0.25) is 0 Å². The maximum Gasteiger partial charge on any atom is 0.159 e. The average molecular weight is 229 g/mol. The van der Waals surface area contributed by atoms with Crippen molar-refractivity contribution in [2.75, 3.05) is 13.2 Å². The van der Waals surface area contributed by atoms with E-state index in [0.29, 0.717) is 6.54 Å². The summed E-state index contributed by atoms with van der Waals surface area (Å²) in [6.07, 6.45) is 2.76. The van der Waals surface area contributed by atoms with Crippen LogP contribution in [-0.4, -0.2) is 18.3 Å². The molecular formula is C12H17F2NO. The highest BCUT2D eigenvalue weighted by molar-refractivity contribution is 5.17. The van der Waals surface area contributed by atoms with E-state index in [9.17, 15) is 8.78 Å². The maximum absolute atomic E-state index is 12.8. The van der Waals surface area contributed by atoms with E-state index >= 15 is 0 Å². The fraction of sp³-hybridized carbons (Fsp3) is 0.500. The van der Waals surface area contributed by atoms with E-state index in [2.05, 4.69) is 5.32 Å². The summed E-state index contributed by atoms with van der Waals surface area (Å²) in [5, 5.41) is 11.7. The van der Waals surface area contributed by atoms with E-state index in [1.54, 1.807) is 6.07 Å². The van der Waals surface area contributed by atoms with E-state index < -0.39 is 11.6 Å². The van der Waals surface area contributed by atoms with Crippen LogP contribution in [0.2, 0.25) is 0 Å². The Morgan fingerprint density at radius 3 is 2.56 bits per heavy atom. The van der Waals surface area contributed by atoms with Crippen LogP contribution in [0, 0.1) is 11.6 Å². The lowest BCUT2D eigenvalue weighted by atomic mass is 10.2. The van der Waals surface area contributed by atoms with Gasteiger partial charge in [-0.05, 0) is 43.5 Å². The normalized spacial score (nSPS) is 10.7. The third-order valence-corrected chi connectivity index (χ3v) is 2.32. The minimum Gasteiger partial charge on any atom is -0.396 e. The quantitative estimate of drug-likeness (QED) is 0.703. The third kappa shape index (κ3) is 4.68. The van der Waals surface area contributed by atoms with Crippen molar-refractivity contribution in [1.29, 1.82) is 0 Å². The summed E-state index contributed by atoms with van der Waals surface area (Å²) in [5.41, 5.74) is 0.737. The molecule has 0 atom stereocenters. The predicted octanol–water partition coefficient (Wildman–Crippen LogP) is 2.22. The van der Waals surface area contributed by atoms with Gasteiger partial charge in [-0.1, -0.05) is 6.07 Å². The van der Waals surface area contributed by atoms with E-state index in [1.807, 2.05) is 0 Å². The first-order valence-electron chi connectivity index (χ1n) is 5.49. The Hall–Kier alpha value is -1.00. The van der Waals surface area contributed by atoms with Gasteiger partial charge in [0.25, 0.3) is 0 Å². The van der Waals surface area contributed by atoms with Crippen molar-refractivity contribution >= 4 is 0 Å². The Morgan fingerprint density at radius 2 is 1.88 bits per heavy atom. The molecule has 0 amide bonds. The zero-order valence-corrected chi connectivity index (χ0v) is 9.18. The monoisotopic (exact) mass is 229 g/mol. The lowest BCUT2D eigenvalue weighted by molar-refractivity contribution is 0.283. The lowest BCUT2D eigenvalue weighted by Crippen LogP contribution is -2.14. The molecular weight excluding hydrogens is 212 g/mol. The van der Waals surface area contributed by atoms with Crippen molar-refractivity contribution in [2.45, 2.75) is 25.8 Å². The number of aliphatic hydroxyl groups is 1. The highest BCUT2D eigenvalue weighted by Crippen LogP contribution is 2.08. The van der Waals surface area contributed by atoms with Crippen LogP contribution in [0.15, 0.2) is 18.2 Å². The minimum absolute atomic E-state index is 0.225. The standard InChI is InChI=1S/C12H17F2NO/c13-11-5-4-10(8-12(11)14)9-15-6-2-1-3-7-16/h4-5,8,15-16H,1-3,6-7,9H2. The molecule has 1 aromatic carbocycles. The second-order valence-corrected chi connectivity index (χ2v) is 3.71. The van der Waals surface area contributed by atoms with Gasteiger partial charge in [0.05, 0.1) is 0 Å². The fourth-order valence-corrected chi connectivity index (χ4v) is 1.42. The first-order chi connectivity index (χ1) is 7.74. The fourth-order valence-electron chi connectivity index (χ4n) is 1.42. The molecule has 0 bridgehead atoms.